The highest BCUT2D eigenvalue weighted by molar-refractivity contribution is 6.05. The van der Waals surface area contributed by atoms with Gasteiger partial charge in [0.05, 0.1) is 6.42 Å². The summed E-state index contributed by atoms with van der Waals surface area (Å²) in [5, 5.41) is 21.9. The Kier molecular flexibility index (Phi) is 6.79. The summed E-state index contributed by atoms with van der Waals surface area (Å²) in [7, 11) is 0. The van der Waals surface area contributed by atoms with Crippen LogP contribution in [0.1, 0.15) is 28.4 Å². The second-order valence-corrected chi connectivity index (χ2v) is 6.59. The second kappa shape index (κ2) is 9.88. The number of amides is 1. The minimum absolute atomic E-state index is 0.230. The van der Waals surface area contributed by atoms with E-state index in [9.17, 15) is 14.7 Å². The highest BCUT2D eigenvalue weighted by Gasteiger charge is 2.18. The number of nitrogens with two attached hydrogens (primary N) is 1. The number of nitrogens with one attached hydrogen (secondary N) is 3. The molecule has 2 aromatic carbocycles. The SMILES string of the molecule is N=C(N)Nc1cccc(C(=O)Nc2cccc(OC(CC(=O)O)c3cccnc3)c2)c1. The van der Waals surface area contributed by atoms with E-state index in [0.29, 0.717) is 28.3 Å². The number of nitrogens with zero attached hydrogens (tertiary/aromatic N) is 1. The van der Waals surface area contributed by atoms with Crippen LogP contribution in [-0.2, 0) is 4.79 Å². The molecule has 0 saturated heterocycles. The van der Waals surface area contributed by atoms with Gasteiger partial charge in [-0.05, 0) is 36.4 Å². The first-order valence-electron chi connectivity index (χ1n) is 9.31. The number of hydrogen-bond donors (Lipinski definition) is 5. The first-order chi connectivity index (χ1) is 14.9. The molecular weight excluding hydrogens is 398 g/mol. The van der Waals surface area contributed by atoms with Crippen molar-refractivity contribution >= 4 is 29.2 Å². The van der Waals surface area contributed by atoms with Crippen LogP contribution in [0.25, 0.3) is 0 Å². The molecule has 0 bridgehead atoms. The smallest absolute Gasteiger partial charge is 0.307 e. The molecule has 1 unspecified atom stereocenters. The zero-order valence-electron chi connectivity index (χ0n) is 16.4. The Morgan fingerprint density at radius 1 is 1.06 bits per heavy atom. The summed E-state index contributed by atoms with van der Waals surface area (Å²) in [4.78, 5) is 27.9. The molecule has 0 spiro atoms. The number of carbonyl (C=O) groups excluding carboxylic acids is 1. The Hall–Kier alpha value is -4.40. The van der Waals surface area contributed by atoms with Crippen molar-refractivity contribution in [1.29, 1.82) is 5.41 Å². The Balaban J connectivity index is 1.74. The number of aliphatic carboxylic acids is 1. The van der Waals surface area contributed by atoms with Crippen LogP contribution in [0, 0.1) is 5.41 Å². The zero-order chi connectivity index (χ0) is 22.2. The largest absolute Gasteiger partial charge is 0.485 e. The monoisotopic (exact) mass is 419 g/mol. The van der Waals surface area contributed by atoms with E-state index in [-0.39, 0.29) is 18.3 Å². The van der Waals surface area contributed by atoms with Gasteiger partial charge in [0.2, 0.25) is 0 Å². The molecule has 0 saturated carbocycles. The standard InChI is InChI=1S/C22H21N5O4/c23-22(24)27-16-6-1-4-14(10-16)21(30)26-17-7-2-8-18(11-17)31-19(12-20(28)29)15-5-3-9-25-13-15/h1-11,13,19H,12H2,(H,26,30)(H,28,29)(H4,23,24,27). The molecule has 31 heavy (non-hydrogen) atoms. The average molecular weight is 419 g/mol. The van der Waals surface area contributed by atoms with Gasteiger partial charge in [-0.2, -0.15) is 0 Å². The molecule has 0 radical (unpaired) electrons. The summed E-state index contributed by atoms with van der Waals surface area (Å²) in [6.07, 6.45) is 2.18. The third-order valence-corrected chi connectivity index (χ3v) is 4.19. The molecule has 0 aliphatic heterocycles. The van der Waals surface area contributed by atoms with Gasteiger partial charge in [0.1, 0.15) is 11.9 Å². The van der Waals surface area contributed by atoms with Crippen molar-refractivity contribution in [3.8, 4) is 5.75 Å². The maximum atomic E-state index is 12.6. The molecule has 0 aliphatic carbocycles. The summed E-state index contributed by atoms with van der Waals surface area (Å²) in [5.74, 6) is -1.19. The van der Waals surface area contributed by atoms with Gasteiger partial charge in [0.15, 0.2) is 5.96 Å². The fourth-order valence-corrected chi connectivity index (χ4v) is 2.86. The van der Waals surface area contributed by atoms with Crippen LogP contribution in [0.2, 0.25) is 0 Å². The molecule has 3 aromatic rings. The minimum Gasteiger partial charge on any atom is -0.485 e. The fourth-order valence-electron chi connectivity index (χ4n) is 2.86. The van der Waals surface area contributed by atoms with E-state index in [0.717, 1.165) is 0 Å². The van der Waals surface area contributed by atoms with Gasteiger partial charge in [-0.3, -0.25) is 20.0 Å². The van der Waals surface area contributed by atoms with E-state index in [4.69, 9.17) is 15.9 Å². The number of aromatic nitrogens is 1. The summed E-state index contributed by atoms with van der Waals surface area (Å²) < 4.78 is 5.88. The van der Waals surface area contributed by atoms with Crippen LogP contribution in [0.3, 0.4) is 0 Å². The van der Waals surface area contributed by atoms with Crippen LogP contribution in [0.5, 0.6) is 5.75 Å². The van der Waals surface area contributed by atoms with Crippen molar-refractivity contribution in [3.63, 3.8) is 0 Å². The average Bonchev–Trinajstić information content (AvgIpc) is 2.73. The van der Waals surface area contributed by atoms with Gasteiger partial charge < -0.3 is 26.2 Å². The molecule has 1 amide bonds. The number of carboxylic acids is 1. The third-order valence-electron chi connectivity index (χ3n) is 4.19. The molecule has 3 rings (SSSR count). The molecule has 158 valence electrons. The molecular formula is C22H21N5O4. The highest BCUT2D eigenvalue weighted by atomic mass is 16.5. The lowest BCUT2D eigenvalue weighted by atomic mass is 10.1. The maximum absolute atomic E-state index is 12.6. The van der Waals surface area contributed by atoms with Crippen molar-refractivity contribution in [3.05, 3.63) is 84.2 Å². The molecule has 1 atom stereocenters. The number of pyridine rings is 1. The lowest BCUT2D eigenvalue weighted by Crippen LogP contribution is -2.20. The van der Waals surface area contributed by atoms with Gasteiger partial charge in [-0.15, -0.1) is 0 Å². The quantitative estimate of drug-likeness (QED) is 0.278. The van der Waals surface area contributed by atoms with Gasteiger partial charge in [-0.25, -0.2) is 0 Å². The Bertz CT molecular complexity index is 1090. The van der Waals surface area contributed by atoms with E-state index >= 15 is 0 Å². The number of carboxylic acid groups (broad SMARTS) is 1. The van der Waals surface area contributed by atoms with Crippen LogP contribution in [-0.4, -0.2) is 27.9 Å². The topological polar surface area (TPSA) is 150 Å². The lowest BCUT2D eigenvalue weighted by molar-refractivity contribution is -0.138. The summed E-state index contributed by atoms with van der Waals surface area (Å²) in [5.41, 5.74) is 7.32. The van der Waals surface area contributed by atoms with Crippen molar-refractivity contribution < 1.29 is 19.4 Å². The fraction of sp³-hybridized carbons (Fsp3) is 0.0909. The summed E-state index contributed by atoms with van der Waals surface area (Å²) >= 11 is 0. The lowest BCUT2D eigenvalue weighted by Gasteiger charge is -2.18. The predicted molar refractivity (Wildman–Crippen MR) is 116 cm³/mol. The number of rotatable bonds is 8. The number of guanidine groups is 1. The number of benzene rings is 2. The first-order valence-corrected chi connectivity index (χ1v) is 9.31. The van der Waals surface area contributed by atoms with E-state index in [1.54, 1.807) is 73.1 Å². The van der Waals surface area contributed by atoms with E-state index < -0.39 is 12.1 Å². The van der Waals surface area contributed by atoms with E-state index in [1.807, 2.05) is 0 Å². The zero-order valence-corrected chi connectivity index (χ0v) is 16.4. The van der Waals surface area contributed by atoms with Crippen molar-refractivity contribution in [2.24, 2.45) is 5.73 Å². The van der Waals surface area contributed by atoms with Crippen LogP contribution in [0.4, 0.5) is 11.4 Å². The second-order valence-electron chi connectivity index (χ2n) is 6.59. The molecule has 6 N–H and O–H groups in total. The highest BCUT2D eigenvalue weighted by Crippen LogP contribution is 2.27. The summed E-state index contributed by atoms with van der Waals surface area (Å²) in [6, 6.07) is 16.7. The molecule has 0 fully saturated rings. The Morgan fingerprint density at radius 3 is 2.48 bits per heavy atom. The van der Waals surface area contributed by atoms with Crippen LogP contribution in [0.15, 0.2) is 73.1 Å². The maximum Gasteiger partial charge on any atom is 0.307 e. The number of carbonyl (C=O) groups is 2. The Morgan fingerprint density at radius 2 is 1.81 bits per heavy atom. The number of anilines is 2. The molecule has 9 nitrogen and oxygen atoms in total. The Labute approximate surface area is 178 Å². The molecule has 0 aliphatic rings. The predicted octanol–water partition coefficient (Wildman–Crippen LogP) is 3.23. The van der Waals surface area contributed by atoms with Crippen molar-refractivity contribution in [2.45, 2.75) is 12.5 Å². The van der Waals surface area contributed by atoms with Crippen molar-refractivity contribution in [1.82, 2.24) is 4.98 Å². The molecule has 1 aromatic heterocycles. The van der Waals surface area contributed by atoms with Gasteiger partial charge in [0.25, 0.3) is 5.91 Å². The van der Waals surface area contributed by atoms with Crippen molar-refractivity contribution in [2.75, 3.05) is 10.6 Å². The third kappa shape index (κ3) is 6.29. The van der Waals surface area contributed by atoms with E-state index in [2.05, 4.69) is 15.6 Å². The normalized spacial score (nSPS) is 11.2. The minimum atomic E-state index is -1.00. The van der Waals surface area contributed by atoms with Gasteiger partial charge in [0, 0.05) is 41.0 Å². The summed E-state index contributed by atoms with van der Waals surface area (Å²) in [6.45, 7) is 0. The van der Waals surface area contributed by atoms with Crippen LogP contribution >= 0.6 is 0 Å². The van der Waals surface area contributed by atoms with Crippen LogP contribution < -0.4 is 21.1 Å². The first kappa shape index (κ1) is 21.3. The van der Waals surface area contributed by atoms with E-state index in [1.165, 1.54) is 0 Å². The number of hydrogen-bond acceptors (Lipinski definition) is 5. The molecule has 9 heteroatoms. The molecule has 1 heterocycles. The van der Waals surface area contributed by atoms with Gasteiger partial charge >= 0.3 is 5.97 Å². The van der Waals surface area contributed by atoms with Gasteiger partial charge in [-0.1, -0.05) is 18.2 Å². The number of ether oxygens (including phenoxy) is 1.